The van der Waals surface area contributed by atoms with E-state index in [0.717, 1.165) is 63.4 Å². The number of aromatic nitrogens is 3. The van der Waals surface area contributed by atoms with Crippen LogP contribution in [0.4, 0.5) is 5.69 Å². The van der Waals surface area contributed by atoms with Gasteiger partial charge in [0, 0.05) is 10.0 Å². The number of carbonyl (C=O) groups is 1. The summed E-state index contributed by atoms with van der Waals surface area (Å²) in [6, 6.07) is 22.1. The van der Waals surface area contributed by atoms with Crippen LogP contribution < -0.4 is 9.64 Å². The number of rotatable bonds is 5. The maximum Gasteiger partial charge on any atom is 0.238 e. The lowest BCUT2D eigenvalue weighted by atomic mass is 9.65. The number of methoxy groups -OCH3 is 1. The van der Waals surface area contributed by atoms with E-state index in [2.05, 4.69) is 32.1 Å². The zero-order chi connectivity index (χ0) is 23.3. The second kappa shape index (κ2) is 8.09. The van der Waals surface area contributed by atoms with Gasteiger partial charge in [0.1, 0.15) is 12.1 Å². The lowest BCUT2D eigenvalue weighted by Gasteiger charge is -2.37. The van der Waals surface area contributed by atoms with Crippen LogP contribution in [0.2, 0.25) is 0 Å². The maximum atomic E-state index is 13.8. The summed E-state index contributed by atoms with van der Waals surface area (Å²) in [5, 5.41) is 4.46. The van der Waals surface area contributed by atoms with Crippen LogP contribution in [0.5, 0.6) is 5.75 Å². The van der Waals surface area contributed by atoms with Crippen molar-refractivity contribution in [2.24, 2.45) is 0 Å². The largest absolute Gasteiger partial charge is 0.497 e. The first-order valence-corrected chi connectivity index (χ1v) is 12.1. The Balaban J connectivity index is 1.44. The van der Waals surface area contributed by atoms with E-state index in [-0.39, 0.29) is 5.91 Å². The standard InChI is InChI=1S/C27H23BrN4O2/c1-34-21-10-8-18(9-11-21)16-31-24-22(27(26(31)33)12-5-13-27)14-19(15-23(24)28)25-29-17-30-32(25)20-6-3-2-4-7-20/h2-4,6-11,14-15,17H,5,12-13,16H2,1H3. The molecule has 0 N–H and O–H groups in total. The van der Waals surface area contributed by atoms with E-state index < -0.39 is 5.41 Å². The third-order valence-corrected chi connectivity index (χ3v) is 7.62. The van der Waals surface area contributed by atoms with Crippen molar-refractivity contribution >= 4 is 27.5 Å². The predicted molar refractivity (Wildman–Crippen MR) is 134 cm³/mol. The quantitative estimate of drug-likeness (QED) is 0.344. The van der Waals surface area contributed by atoms with Crippen molar-refractivity contribution in [2.45, 2.75) is 31.2 Å². The molecule has 1 aliphatic carbocycles. The molecule has 0 bridgehead atoms. The van der Waals surface area contributed by atoms with E-state index in [9.17, 15) is 4.79 Å². The molecule has 2 aliphatic rings. The third kappa shape index (κ3) is 3.18. The van der Waals surface area contributed by atoms with Gasteiger partial charge in [0.05, 0.1) is 30.4 Å². The SMILES string of the molecule is COc1ccc(CN2C(=O)C3(CCC3)c3cc(-c4ncnn4-c4ccccc4)cc(Br)c32)cc1. The summed E-state index contributed by atoms with van der Waals surface area (Å²) in [4.78, 5) is 20.3. The summed E-state index contributed by atoms with van der Waals surface area (Å²) < 4.78 is 8.02. The van der Waals surface area contributed by atoms with Gasteiger partial charge in [-0.25, -0.2) is 9.67 Å². The van der Waals surface area contributed by atoms with Gasteiger partial charge >= 0.3 is 0 Å². The number of benzene rings is 3. The highest BCUT2D eigenvalue weighted by atomic mass is 79.9. The van der Waals surface area contributed by atoms with Gasteiger partial charge in [0.15, 0.2) is 5.82 Å². The molecule has 0 unspecified atom stereocenters. The number of para-hydroxylation sites is 1. The lowest BCUT2D eigenvalue weighted by Crippen LogP contribution is -2.44. The Morgan fingerprint density at radius 3 is 2.50 bits per heavy atom. The van der Waals surface area contributed by atoms with Crippen molar-refractivity contribution in [3.63, 3.8) is 0 Å². The average molecular weight is 515 g/mol. The fraction of sp³-hybridized carbons (Fsp3) is 0.222. The van der Waals surface area contributed by atoms with E-state index >= 15 is 0 Å². The second-order valence-corrected chi connectivity index (χ2v) is 9.71. The summed E-state index contributed by atoms with van der Waals surface area (Å²) in [6.45, 7) is 0.524. The fourth-order valence-electron chi connectivity index (χ4n) is 5.12. The molecule has 0 atom stereocenters. The summed E-state index contributed by atoms with van der Waals surface area (Å²) in [5.74, 6) is 1.75. The Kier molecular flexibility index (Phi) is 5.03. The first-order valence-electron chi connectivity index (χ1n) is 11.4. The van der Waals surface area contributed by atoms with Gasteiger partial charge in [-0.15, -0.1) is 0 Å². The molecule has 34 heavy (non-hydrogen) atoms. The third-order valence-electron chi connectivity index (χ3n) is 7.02. The molecule has 1 saturated carbocycles. The van der Waals surface area contributed by atoms with Crippen LogP contribution in [0.1, 0.15) is 30.4 Å². The Morgan fingerprint density at radius 2 is 1.82 bits per heavy atom. The summed E-state index contributed by atoms with van der Waals surface area (Å²) >= 11 is 3.80. The van der Waals surface area contributed by atoms with Gasteiger partial charge in [-0.05, 0) is 76.3 Å². The van der Waals surface area contributed by atoms with Crippen LogP contribution >= 0.6 is 15.9 Å². The van der Waals surface area contributed by atoms with Crippen molar-refractivity contribution in [3.05, 3.63) is 88.7 Å². The van der Waals surface area contributed by atoms with Gasteiger partial charge in [0.25, 0.3) is 0 Å². The number of hydrogen-bond donors (Lipinski definition) is 0. The highest BCUT2D eigenvalue weighted by Crippen LogP contribution is 2.56. The highest BCUT2D eigenvalue weighted by molar-refractivity contribution is 9.10. The molecule has 3 aromatic carbocycles. The molecule has 170 valence electrons. The summed E-state index contributed by atoms with van der Waals surface area (Å²) in [5.41, 5.74) is 4.56. The summed E-state index contributed by atoms with van der Waals surface area (Å²) in [7, 11) is 1.66. The number of amides is 1. The topological polar surface area (TPSA) is 60.2 Å². The minimum Gasteiger partial charge on any atom is -0.497 e. The number of hydrogen-bond acceptors (Lipinski definition) is 4. The van der Waals surface area contributed by atoms with Crippen LogP contribution in [0.15, 0.2) is 77.5 Å². The lowest BCUT2D eigenvalue weighted by molar-refractivity contribution is -0.126. The number of fused-ring (bicyclic) bond motifs is 2. The zero-order valence-corrected chi connectivity index (χ0v) is 20.3. The fourth-order valence-corrected chi connectivity index (χ4v) is 5.79. The molecule has 2 heterocycles. The average Bonchev–Trinajstić information content (AvgIpc) is 3.42. The van der Waals surface area contributed by atoms with Crippen molar-refractivity contribution < 1.29 is 9.53 Å². The molecule has 6 rings (SSSR count). The van der Waals surface area contributed by atoms with Gasteiger partial charge in [-0.3, -0.25) is 4.79 Å². The van der Waals surface area contributed by atoms with Crippen LogP contribution in [0.3, 0.4) is 0 Å². The molecular weight excluding hydrogens is 492 g/mol. The molecule has 0 saturated heterocycles. The Morgan fingerprint density at radius 1 is 1.06 bits per heavy atom. The van der Waals surface area contributed by atoms with E-state index in [1.807, 2.05) is 70.2 Å². The van der Waals surface area contributed by atoms with E-state index in [0.29, 0.717) is 6.54 Å². The number of halogens is 1. The molecule has 4 aromatic rings. The predicted octanol–water partition coefficient (Wildman–Crippen LogP) is 5.67. The van der Waals surface area contributed by atoms with Gasteiger partial charge in [0.2, 0.25) is 5.91 Å². The second-order valence-electron chi connectivity index (χ2n) is 8.86. The Labute approximate surface area is 206 Å². The zero-order valence-electron chi connectivity index (χ0n) is 18.7. The molecular formula is C27H23BrN4O2. The highest BCUT2D eigenvalue weighted by Gasteiger charge is 2.55. The Hall–Kier alpha value is -3.45. The molecule has 1 aromatic heterocycles. The van der Waals surface area contributed by atoms with Crippen LogP contribution in [-0.4, -0.2) is 27.8 Å². The Bertz CT molecular complexity index is 1380. The molecule has 0 radical (unpaired) electrons. The monoisotopic (exact) mass is 514 g/mol. The minimum absolute atomic E-state index is 0.187. The van der Waals surface area contributed by atoms with E-state index in [4.69, 9.17) is 4.74 Å². The molecule has 1 fully saturated rings. The van der Waals surface area contributed by atoms with E-state index in [1.165, 1.54) is 0 Å². The minimum atomic E-state index is -0.446. The molecule has 1 amide bonds. The number of anilines is 1. The number of carbonyl (C=O) groups excluding carboxylic acids is 1. The van der Waals surface area contributed by atoms with Gasteiger partial charge < -0.3 is 9.64 Å². The van der Waals surface area contributed by atoms with Crippen LogP contribution in [-0.2, 0) is 16.8 Å². The first-order chi connectivity index (χ1) is 16.6. The van der Waals surface area contributed by atoms with E-state index in [1.54, 1.807) is 13.4 Å². The number of ether oxygens (including phenoxy) is 1. The van der Waals surface area contributed by atoms with Crippen LogP contribution in [0.25, 0.3) is 17.1 Å². The smallest absolute Gasteiger partial charge is 0.238 e. The van der Waals surface area contributed by atoms with Gasteiger partial charge in [-0.2, -0.15) is 5.10 Å². The van der Waals surface area contributed by atoms with Crippen LogP contribution in [0, 0.1) is 0 Å². The normalized spacial score (nSPS) is 15.9. The van der Waals surface area contributed by atoms with Crippen molar-refractivity contribution in [1.29, 1.82) is 0 Å². The maximum absolute atomic E-state index is 13.8. The first kappa shape index (κ1) is 21.1. The summed E-state index contributed by atoms with van der Waals surface area (Å²) in [6.07, 6.45) is 4.38. The molecule has 6 nitrogen and oxygen atoms in total. The molecule has 1 spiro atoms. The van der Waals surface area contributed by atoms with Gasteiger partial charge in [-0.1, -0.05) is 36.8 Å². The molecule has 1 aliphatic heterocycles. The molecule has 7 heteroatoms. The van der Waals surface area contributed by atoms with Crippen molar-refractivity contribution in [1.82, 2.24) is 14.8 Å². The van der Waals surface area contributed by atoms with Crippen molar-refractivity contribution in [2.75, 3.05) is 12.0 Å². The van der Waals surface area contributed by atoms with Crippen molar-refractivity contribution in [3.8, 4) is 22.8 Å². The number of nitrogens with zero attached hydrogens (tertiary/aromatic N) is 4.